The smallest absolute Gasteiger partial charge is 0.341 e. The third-order valence-electron chi connectivity index (χ3n) is 5.83. The second-order valence-corrected chi connectivity index (χ2v) is 9.08. The van der Waals surface area contributed by atoms with Crippen LogP contribution in [0.15, 0.2) is 29.6 Å². The number of anilines is 1. The van der Waals surface area contributed by atoms with Crippen LogP contribution in [0.2, 0.25) is 0 Å². The van der Waals surface area contributed by atoms with Crippen LogP contribution in [0, 0.1) is 6.92 Å². The van der Waals surface area contributed by atoms with E-state index in [9.17, 15) is 19.2 Å². The van der Waals surface area contributed by atoms with Crippen LogP contribution in [0.3, 0.4) is 0 Å². The first-order chi connectivity index (χ1) is 15.3. The molecule has 9 heteroatoms. The van der Waals surface area contributed by atoms with E-state index in [1.807, 2.05) is 24.4 Å². The van der Waals surface area contributed by atoms with E-state index < -0.39 is 35.9 Å². The van der Waals surface area contributed by atoms with Crippen LogP contribution >= 0.6 is 11.3 Å². The zero-order chi connectivity index (χ0) is 23.0. The molecule has 2 heterocycles. The Hall–Kier alpha value is -3.20. The zero-order valence-electron chi connectivity index (χ0n) is 18.2. The lowest BCUT2D eigenvalue weighted by atomic mass is 9.88. The van der Waals surface area contributed by atoms with Crippen LogP contribution in [0.1, 0.15) is 59.7 Å². The highest BCUT2D eigenvalue weighted by Gasteiger charge is 2.50. The SMILES string of the molecule is CCOC(=O)c1c(C2CC2)csc1NC(=O)CN1C(=O)NC(C)(c2ccccc2C)C1=O. The molecule has 1 aliphatic carbocycles. The van der Waals surface area contributed by atoms with Gasteiger partial charge in [0.15, 0.2) is 0 Å². The van der Waals surface area contributed by atoms with Crippen LogP contribution in [-0.2, 0) is 19.9 Å². The number of carbonyl (C=O) groups excluding carboxylic acids is 4. The van der Waals surface area contributed by atoms with E-state index in [1.165, 1.54) is 11.3 Å². The number of hydrogen-bond donors (Lipinski definition) is 2. The Bertz CT molecular complexity index is 1110. The van der Waals surface area contributed by atoms with Gasteiger partial charge in [-0.25, -0.2) is 9.59 Å². The molecule has 2 aromatic rings. The van der Waals surface area contributed by atoms with E-state index in [0.29, 0.717) is 22.0 Å². The van der Waals surface area contributed by atoms with E-state index in [0.717, 1.165) is 28.9 Å². The molecule has 0 radical (unpaired) electrons. The van der Waals surface area contributed by atoms with Gasteiger partial charge in [0.2, 0.25) is 5.91 Å². The number of imide groups is 1. The molecule has 4 amide bonds. The van der Waals surface area contributed by atoms with Gasteiger partial charge in [-0.15, -0.1) is 11.3 Å². The number of rotatable bonds is 7. The maximum absolute atomic E-state index is 13.1. The molecule has 1 aliphatic heterocycles. The fourth-order valence-electron chi connectivity index (χ4n) is 4.04. The molecule has 1 saturated carbocycles. The average molecular weight is 456 g/mol. The number of nitrogens with zero attached hydrogens (tertiary/aromatic N) is 1. The third kappa shape index (κ3) is 3.88. The Kier molecular flexibility index (Phi) is 5.77. The quantitative estimate of drug-likeness (QED) is 0.491. The molecule has 0 spiro atoms. The van der Waals surface area contributed by atoms with Crippen molar-refractivity contribution in [2.75, 3.05) is 18.5 Å². The predicted molar refractivity (Wildman–Crippen MR) is 120 cm³/mol. The second kappa shape index (κ2) is 8.38. The van der Waals surface area contributed by atoms with Crippen molar-refractivity contribution in [1.82, 2.24) is 10.2 Å². The van der Waals surface area contributed by atoms with Gasteiger partial charge >= 0.3 is 12.0 Å². The van der Waals surface area contributed by atoms with Gasteiger partial charge in [0.05, 0.1) is 12.2 Å². The molecular weight excluding hydrogens is 430 g/mol. The highest BCUT2D eigenvalue weighted by atomic mass is 32.1. The second-order valence-electron chi connectivity index (χ2n) is 8.20. The van der Waals surface area contributed by atoms with Crippen molar-refractivity contribution in [3.8, 4) is 0 Å². The van der Waals surface area contributed by atoms with E-state index in [2.05, 4.69) is 10.6 Å². The Balaban J connectivity index is 1.52. The van der Waals surface area contributed by atoms with Gasteiger partial charge < -0.3 is 15.4 Å². The summed E-state index contributed by atoms with van der Waals surface area (Å²) in [6, 6.07) is 6.67. The minimum Gasteiger partial charge on any atom is -0.462 e. The molecule has 168 valence electrons. The van der Waals surface area contributed by atoms with Gasteiger partial charge in [-0.1, -0.05) is 24.3 Å². The van der Waals surface area contributed by atoms with Crippen LogP contribution in [0.25, 0.3) is 0 Å². The van der Waals surface area contributed by atoms with Crippen LogP contribution in [0.4, 0.5) is 9.80 Å². The maximum Gasteiger partial charge on any atom is 0.341 e. The molecule has 1 atom stereocenters. The molecule has 1 aromatic carbocycles. The van der Waals surface area contributed by atoms with Crippen molar-refractivity contribution >= 4 is 40.2 Å². The Morgan fingerprint density at radius 2 is 2.00 bits per heavy atom. The number of thiophene rings is 1. The van der Waals surface area contributed by atoms with Crippen molar-refractivity contribution < 1.29 is 23.9 Å². The maximum atomic E-state index is 13.1. The summed E-state index contributed by atoms with van der Waals surface area (Å²) in [5.74, 6) is -1.23. The molecule has 8 nitrogen and oxygen atoms in total. The predicted octanol–water partition coefficient (Wildman–Crippen LogP) is 3.52. The molecule has 1 saturated heterocycles. The van der Waals surface area contributed by atoms with E-state index >= 15 is 0 Å². The summed E-state index contributed by atoms with van der Waals surface area (Å²) in [5, 5.41) is 7.66. The van der Waals surface area contributed by atoms with Crippen LogP contribution in [-0.4, -0.2) is 41.9 Å². The number of hydrogen-bond acceptors (Lipinski definition) is 6. The normalized spacial score (nSPS) is 20.3. The molecule has 4 rings (SSSR count). The van der Waals surface area contributed by atoms with Gasteiger partial charge in [-0.3, -0.25) is 14.5 Å². The highest BCUT2D eigenvalue weighted by Crippen LogP contribution is 2.46. The minimum absolute atomic E-state index is 0.228. The first kappa shape index (κ1) is 22.0. The van der Waals surface area contributed by atoms with Crippen LogP contribution in [0.5, 0.6) is 0 Å². The summed E-state index contributed by atoms with van der Waals surface area (Å²) in [5.41, 5.74) is 1.54. The molecule has 2 aliphatic rings. The van der Waals surface area contributed by atoms with Gasteiger partial charge in [0.25, 0.3) is 5.91 Å². The average Bonchev–Trinajstić information content (AvgIpc) is 3.47. The molecule has 32 heavy (non-hydrogen) atoms. The molecule has 2 fully saturated rings. The van der Waals surface area contributed by atoms with E-state index in [4.69, 9.17) is 4.74 Å². The summed E-state index contributed by atoms with van der Waals surface area (Å²) in [4.78, 5) is 51.9. The first-order valence-corrected chi connectivity index (χ1v) is 11.4. The monoisotopic (exact) mass is 455 g/mol. The minimum atomic E-state index is -1.25. The number of esters is 1. The standard InChI is InChI=1S/C23H25N3O5S/c1-4-31-20(28)18-15(14-9-10-14)12-32-19(18)24-17(27)11-26-21(29)23(3,25-22(26)30)16-8-6-5-7-13(16)2/h5-8,12,14H,4,9-11H2,1-3H3,(H,24,27)(H,25,30). The number of benzene rings is 1. The van der Waals surface area contributed by atoms with E-state index in [1.54, 1.807) is 26.0 Å². The summed E-state index contributed by atoms with van der Waals surface area (Å²) >= 11 is 1.25. The van der Waals surface area contributed by atoms with Crippen molar-refractivity contribution in [3.63, 3.8) is 0 Å². The molecule has 2 N–H and O–H groups in total. The van der Waals surface area contributed by atoms with Crippen molar-refractivity contribution in [2.45, 2.75) is 45.1 Å². The van der Waals surface area contributed by atoms with Gasteiger partial charge in [0, 0.05) is 0 Å². The first-order valence-electron chi connectivity index (χ1n) is 10.5. The largest absolute Gasteiger partial charge is 0.462 e. The van der Waals surface area contributed by atoms with Crippen molar-refractivity contribution in [1.29, 1.82) is 0 Å². The number of aryl methyl sites for hydroxylation is 1. The zero-order valence-corrected chi connectivity index (χ0v) is 19.0. The summed E-state index contributed by atoms with van der Waals surface area (Å²) in [6.07, 6.45) is 1.99. The summed E-state index contributed by atoms with van der Waals surface area (Å²) in [7, 11) is 0. The Labute approximate surface area is 189 Å². The van der Waals surface area contributed by atoms with Gasteiger partial charge in [0.1, 0.15) is 17.1 Å². The van der Waals surface area contributed by atoms with Crippen molar-refractivity contribution in [2.24, 2.45) is 0 Å². The lowest BCUT2D eigenvalue weighted by Crippen LogP contribution is -2.42. The Morgan fingerprint density at radius 1 is 1.28 bits per heavy atom. The topological polar surface area (TPSA) is 105 Å². The van der Waals surface area contributed by atoms with Crippen molar-refractivity contribution in [3.05, 3.63) is 51.9 Å². The number of nitrogens with one attached hydrogen (secondary N) is 2. The number of urea groups is 1. The number of amides is 4. The Morgan fingerprint density at radius 3 is 2.66 bits per heavy atom. The van der Waals surface area contributed by atoms with E-state index in [-0.39, 0.29) is 6.61 Å². The molecule has 1 unspecified atom stereocenters. The fourth-order valence-corrected chi connectivity index (χ4v) is 5.09. The third-order valence-corrected chi connectivity index (χ3v) is 6.74. The molecular formula is C23H25N3O5S. The van der Waals surface area contributed by atoms with Crippen LogP contribution < -0.4 is 10.6 Å². The fraction of sp³-hybridized carbons (Fsp3) is 0.391. The lowest BCUT2D eigenvalue weighted by Gasteiger charge is -2.24. The summed E-state index contributed by atoms with van der Waals surface area (Å²) < 4.78 is 5.17. The number of ether oxygens (including phenoxy) is 1. The lowest BCUT2D eigenvalue weighted by molar-refractivity contribution is -0.133. The molecule has 1 aromatic heterocycles. The van der Waals surface area contributed by atoms with Gasteiger partial charge in [-0.2, -0.15) is 0 Å². The number of carbonyl (C=O) groups is 4. The summed E-state index contributed by atoms with van der Waals surface area (Å²) in [6.45, 7) is 4.99. The molecule has 0 bridgehead atoms. The highest BCUT2D eigenvalue weighted by molar-refractivity contribution is 7.15. The van der Waals surface area contributed by atoms with Gasteiger partial charge in [-0.05, 0) is 61.6 Å².